The molecule has 202 valence electrons. The largest absolute Gasteiger partial charge is 0.465 e. The monoisotopic (exact) mass is 568 g/mol. The first-order valence-corrected chi connectivity index (χ1v) is 13.8. The molecule has 0 bridgehead atoms. The van der Waals surface area contributed by atoms with Crippen LogP contribution in [0.4, 0.5) is 17.1 Å². The van der Waals surface area contributed by atoms with Crippen molar-refractivity contribution >= 4 is 57.9 Å². The van der Waals surface area contributed by atoms with E-state index in [-0.39, 0.29) is 29.4 Å². The van der Waals surface area contributed by atoms with Crippen LogP contribution in [0.15, 0.2) is 58.4 Å². The first-order chi connectivity index (χ1) is 18.6. The fourth-order valence-electron chi connectivity index (χ4n) is 4.91. The van der Waals surface area contributed by atoms with Gasteiger partial charge in [-0.3, -0.25) is 33.9 Å². The number of esters is 1. The van der Waals surface area contributed by atoms with Crippen LogP contribution in [-0.2, 0) is 25.7 Å². The lowest BCUT2D eigenvalue weighted by Gasteiger charge is -2.31. The highest BCUT2D eigenvalue weighted by Crippen LogP contribution is 2.54. The zero-order valence-corrected chi connectivity index (χ0v) is 22.9. The standard InChI is InChI=1S/C26H24N4O7S2/c1-4-37-18(31)13-28-25-22(39-26(28)34)19(14-5-7-15(8-6-14)27(2)3)20-21(38-25)24(33)29(23(20)32)16-9-11-17(12-10-16)30(35)36/h5-12,19-21H,4,13H2,1-3H3/t19-,20-,21+/m0/s1. The Morgan fingerprint density at radius 1 is 1.05 bits per heavy atom. The fourth-order valence-corrected chi connectivity index (χ4v) is 7.68. The molecule has 0 saturated carbocycles. The highest BCUT2D eigenvalue weighted by atomic mass is 32.2. The summed E-state index contributed by atoms with van der Waals surface area (Å²) in [6.45, 7) is 1.53. The summed E-state index contributed by atoms with van der Waals surface area (Å²) in [5.74, 6) is -2.93. The summed E-state index contributed by atoms with van der Waals surface area (Å²) < 4.78 is 6.36. The zero-order chi connectivity index (χ0) is 28.0. The van der Waals surface area contributed by atoms with Gasteiger partial charge in [-0.15, -0.1) is 0 Å². The van der Waals surface area contributed by atoms with E-state index in [4.69, 9.17) is 4.74 Å². The van der Waals surface area contributed by atoms with Crippen LogP contribution < -0.4 is 14.7 Å². The number of thioether (sulfide) groups is 1. The van der Waals surface area contributed by atoms with Gasteiger partial charge in [-0.2, -0.15) is 0 Å². The summed E-state index contributed by atoms with van der Waals surface area (Å²) in [6.07, 6.45) is 0. The van der Waals surface area contributed by atoms with Crippen LogP contribution in [0.1, 0.15) is 23.3 Å². The smallest absolute Gasteiger partial charge is 0.326 e. The normalized spacial score (nSPS) is 20.0. The number of anilines is 2. The molecule has 0 unspecified atom stereocenters. The molecule has 5 rings (SSSR count). The predicted molar refractivity (Wildman–Crippen MR) is 147 cm³/mol. The first-order valence-electron chi connectivity index (χ1n) is 12.1. The van der Waals surface area contributed by atoms with Crippen LogP contribution in [-0.4, -0.2) is 53.2 Å². The van der Waals surface area contributed by atoms with E-state index < -0.39 is 39.8 Å². The molecular weight excluding hydrogens is 544 g/mol. The van der Waals surface area contributed by atoms with E-state index in [1.807, 2.05) is 43.3 Å². The Morgan fingerprint density at radius 3 is 2.31 bits per heavy atom. The van der Waals surface area contributed by atoms with Crippen molar-refractivity contribution in [1.29, 1.82) is 0 Å². The molecule has 1 saturated heterocycles. The number of hydrogen-bond acceptors (Lipinski definition) is 10. The number of imide groups is 1. The molecule has 0 N–H and O–H groups in total. The predicted octanol–water partition coefficient (Wildman–Crippen LogP) is 3.24. The second-order valence-corrected chi connectivity index (χ2v) is 11.4. The van der Waals surface area contributed by atoms with E-state index in [0.29, 0.717) is 9.90 Å². The van der Waals surface area contributed by atoms with Gasteiger partial charge in [-0.25, -0.2) is 4.90 Å². The van der Waals surface area contributed by atoms with E-state index in [1.54, 1.807) is 6.92 Å². The third-order valence-electron chi connectivity index (χ3n) is 6.73. The van der Waals surface area contributed by atoms with Gasteiger partial charge in [0.05, 0.1) is 28.2 Å². The molecule has 2 aliphatic heterocycles. The van der Waals surface area contributed by atoms with E-state index in [2.05, 4.69) is 0 Å². The number of benzene rings is 2. The summed E-state index contributed by atoms with van der Waals surface area (Å²) >= 11 is 2.05. The fraction of sp³-hybridized carbons (Fsp3) is 0.308. The number of fused-ring (bicyclic) bond motifs is 2. The SMILES string of the molecule is CCOC(=O)Cn1c2c(sc1=O)[C@@H](c1ccc(N(C)C)cc1)[C@@H]1C(=O)N(c3ccc([N+](=O)[O-])cc3)C(=O)[C@@H]1S2. The highest BCUT2D eigenvalue weighted by molar-refractivity contribution is 8.00. The molecule has 1 fully saturated rings. The number of nitrogens with zero attached hydrogens (tertiary/aromatic N) is 4. The lowest BCUT2D eigenvalue weighted by Crippen LogP contribution is -2.32. The molecular formula is C26H24N4O7S2. The van der Waals surface area contributed by atoms with Crippen molar-refractivity contribution in [2.75, 3.05) is 30.5 Å². The summed E-state index contributed by atoms with van der Waals surface area (Å²) in [4.78, 5) is 66.7. The number of carbonyl (C=O) groups is 3. The lowest BCUT2D eigenvalue weighted by atomic mass is 9.83. The minimum Gasteiger partial charge on any atom is -0.465 e. The molecule has 0 radical (unpaired) electrons. The molecule has 2 aromatic carbocycles. The van der Waals surface area contributed by atoms with Crippen molar-refractivity contribution in [3.05, 3.63) is 78.8 Å². The lowest BCUT2D eigenvalue weighted by molar-refractivity contribution is -0.384. The summed E-state index contributed by atoms with van der Waals surface area (Å²) in [7, 11) is 3.81. The zero-order valence-electron chi connectivity index (χ0n) is 21.2. The molecule has 1 aromatic heterocycles. The molecule has 2 amide bonds. The topological polar surface area (TPSA) is 132 Å². The van der Waals surface area contributed by atoms with Gasteiger partial charge >= 0.3 is 10.8 Å². The Kier molecular flexibility index (Phi) is 7.03. The van der Waals surface area contributed by atoms with E-state index in [1.165, 1.54) is 28.8 Å². The maximum atomic E-state index is 13.9. The van der Waals surface area contributed by atoms with Gasteiger partial charge in [0.1, 0.15) is 11.8 Å². The molecule has 3 atom stereocenters. The van der Waals surface area contributed by atoms with Crippen LogP contribution in [0.5, 0.6) is 0 Å². The second kappa shape index (κ2) is 10.3. The molecule has 2 aliphatic rings. The average molecular weight is 569 g/mol. The average Bonchev–Trinajstić information content (AvgIpc) is 3.35. The number of nitro benzene ring substituents is 1. The van der Waals surface area contributed by atoms with E-state index >= 15 is 0 Å². The van der Waals surface area contributed by atoms with Gasteiger partial charge in [-0.05, 0) is 36.8 Å². The van der Waals surface area contributed by atoms with Gasteiger partial charge in [0.25, 0.3) is 5.69 Å². The molecule has 39 heavy (non-hydrogen) atoms. The van der Waals surface area contributed by atoms with Crippen LogP contribution in [0.3, 0.4) is 0 Å². The minimum atomic E-state index is -0.860. The summed E-state index contributed by atoms with van der Waals surface area (Å²) in [5.41, 5.74) is 1.77. The van der Waals surface area contributed by atoms with Gasteiger partial charge in [0.15, 0.2) is 0 Å². The summed E-state index contributed by atoms with van der Waals surface area (Å²) in [6, 6.07) is 12.8. The van der Waals surface area contributed by atoms with Gasteiger partial charge in [0, 0.05) is 42.7 Å². The van der Waals surface area contributed by atoms with E-state index in [0.717, 1.165) is 39.2 Å². The van der Waals surface area contributed by atoms with Crippen molar-refractivity contribution in [3.63, 3.8) is 0 Å². The molecule has 3 aromatic rings. The van der Waals surface area contributed by atoms with E-state index in [9.17, 15) is 29.3 Å². The number of amides is 2. The number of rotatable bonds is 7. The molecule has 0 spiro atoms. The number of carbonyl (C=O) groups excluding carboxylic acids is 3. The Labute approximate surface area is 231 Å². The van der Waals surface area contributed by atoms with Crippen molar-refractivity contribution in [2.24, 2.45) is 5.92 Å². The quantitative estimate of drug-likeness (QED) is 0.182. The van der Waals surface area contributed by atoms with Crippen LogP contribution in [0.2, 0.25) is 0 Å². The number of aromatic nitrogens is 1. The molecule has 13 heteroatoms. The third kappa shape index (κ3) is 4.61. The van der Waals surface area contributed by atoms with Gasteiger partial charge < -0.3 is 9.64 Å². The number of nitro groups is 1. The molecule has 0 aliphatic carbocycles. The molecule has 11 nitrogen and oxygen atoms in total. The Morgan fingerprint density at radius 2 is 1.72 bits per heavy atom. The Bertz CT molecular complexity index is 1530. The third-order valence-corrected chi connectivity index (χ3v) is 9.33. The van der Waals surface area contributed by atoms with Crippen LogP contribution in [0, 0.1) is 16.0 Å². The second-order valence-electron chi connectivity index (χ2n) is 9.24. The molecule has 3 heterocycles. The van der Waals surface area contributed by atoms with Crippen LogP contribution in [0.25, 0.3) is 0 Å². The number of hydrogen-bond donors (Lipinski definition) is 0. The summed E-state index contributed by atoms with van der Waals surface area (Å²) in [5, 5.41) is 10.7. The maximum absolute atomic E-state index is 13.9. The maximum Gasteiger partial charge on any atom is 0.326 e. The Hall–Kier alpha value is -3.97. The van der Waals surface area contributed by atoms with Gasteiger partial charge in [-0.1, -0.05) is 35.2 Å². The number of non-ortho nitro benzene ring substituents is 1. The number of ether oxygens (including phenoxy) is 1. The number of thiazole rings is 1. The van der Waals surface area contributed by atoms with Crippen molar-refractivity contribution in [3.8, 4) is 0 Å². The van der Waals surface area contributed by atoms with Crippen molar-refractivity contribution < 1.29 is 24.0 Å². The highest BCUT2D eigenvalue weighted by Gasteiger charge is 2.56. The van der Waals surface area contributed by atoms with Crippen molar-refractivity contribution in [2.45, 2.75) is 29.7 Å². The van der Waals surface area contributed by atoms with Crippen molar-refractivity contribution in [1.82, 2.24) is 4.57 Å². The Balaban J connectivity index is 1.62. The first kappa shape index (κ1) is 26.6. The van der Waals surface area contributed by atoms with Crippen LogP contribution >= 0.6 is 23.1 Å². The minimum absolute atomic E-state index is 0.159. The van der Waals surface area contributed by atoms with Gasteiger partial charge in [0.2, 0.25) is 11.8 Å².